The topological polar surface area (TPSA) is 95.3 Å². The fourth-order valence-electron chi connectivity index (χ4n) is 2.94. The summed E-state index contributed by atoms with van der Waals surface area (Å²) in [6.45, 7) is 0. The molecule has 0 radical (unpaired) electrons. The van der Waals surface area contributed by atoms with Crippen molar-refractivity contribution in [3.63, 3.8) is 0 Å². The normalized spacial score (nSPS) is 19.3. The highest BCUT2D eigenvalue weighted by atomic mass is 19.1. The number of Topliss-reactive ketones (excluding diaryl/α,β-unsaturated/α-hetero) is 1. The minimum absolute atomic E-state index is 0.0943. The summed E-state index contributed by atoms with van der Waals surface area (Å²) in [7, 11) is 0. The molecule has 2 unspecified atom stereocenters. The first-order valence-electron chi connectivity index (χ1n) is 8.43. The number of amides is 1. The van der Waals surface area contributed by atoms with E-state index in [-0.39, 0.29) is 11.3 Å². The Balaban J connectivity index is 1.63. The molecule has 7 nitrogen and oxygen atoms in total. The van der Waals surface area contributed by atoms with Crippen molar-refractivity contribution in [2.24, 2.45) is 15.1 Å². The first kappa shape index (κ1) is 18.5. The van der Waals surface area contributed by atoms with Crippen LogP contribution in [0.4, 0.5) is 18.9 Å². The number of hydrogen-bond donors (Lipinski definition) is 2. The largest absolute Gasteiger partial charge is 0.319 e. The minimum atomic E-state index is -1.14. The van der Waals surface area contributed by atoms with Crippen LogP contribution in [0.15, 0.2) is 51.5 Å². The van der Waals surface area contributed by atoms with E-state index in [4.69, 9.17) is 0 Å². The van der Waals surface area contributed by atoms with E-state index in [9.17, 15) is 22.8 Å². The smallest absolute Gasteiger partial charge is 0.255 e. The van der Waals surface area contributed by atoms with Gasteiger partial charge in [-0.05, 0) is 24.3 Å². The Morgan fingerprint density at radius 2 is 1.79 bits per heavy atom. The van der Waals surface area contributed by atoms with Crippen molar-refractivity contribution in [1.82, 2.24) is 5.43 Å². The fourth-order valence-corrected chi connectivity index (χ4v) is 2.94. The van der Waals surface area contributed by atoms with Gasteiger partial charge in [0.1, 0.15) is 23.4 Å². The summed E-state index contributed by atoms with van der Waals surface area (Å²) in [5.74, 6) is -4.51. The van der Waals surface area contributed by atoms with Crippen LogP contribution < -0.4 is 10.7 Å². The van der Waals surface area contributed by atoms with Gasteiger partial charge in [0.2, 0.25) is 5.78 Å². The SMILES string of the molecule is O=C(Nc1cc(F)cc(C(=O)C2=NNC3N=CC=NC23)c1F)c1cccc(F)c1. The summed E-state index contributed by atoms with van der Waals surface area (Å²) >= 11 is 0. The Hall–Kier alpha value is -3.82. The third-order valence-electron chi connectivity index (χ3n) is 4.31. The van der Waals surface area contributed by atoms with Gasteiger partial charge in [-0.25, -0.2) is 13.2 Å². The van der Waals surface area contributed by atoms with Gasteiger partial charge >= 0.3 is 0 Å². The van der Waals surface area contributed by atoms with Crippen LogP contribution in [0.5, 0.6) is 0 Å². The molecule has 2 aliphatic rings. The van der Waals surface area contributed by atoms with E-state index < -0.39 is 52.6 Å². The number of hydrogen-bond acceptors (Lipinski definition) is 6. The first-order valence-corrected chi connectivity index (χ1v) is 8.43. The second kappa shape index (κ2) is 7.30. The Morgan fingerprint density at radius 3 is 2.59 bits per heavy atom. The van der Waals surface area contributed by atoms with Gasteiger partial charge in [-0.3, -0.25) is 25.0 Å². The maximum absolute atomic E-state index is 14.9. The molecule has 2 N–H and O–H groups in total. The summed E-state index contributed by atoms with van der Waals surface area (Å²) < 4.78 is 42.3. The van der Waals surface area contributed by atoms with Gasteiger partial charge in [0.05, 0.1) is 11.3 Å². The molecular weight excluding hydrogens is 387 g/mol. The van der Waals surface area contributed by atoms with E-state index in [1.54, 1.807) is 0 Å². The molecule has 2 heterocycles. The number of anilines is 1. The van der Waals surface area contributed by atoms with Crippen molar-refractivity contribution < 1.29 is 22.8 Å². The van der Waals surface area contributed by atoms with Crippen LogP contribution in [0, 0.1) is 17.5 Å². The third-order valence-corrected chi connectivity index (χ3v) is 4.31. The molecule has 4 rings (SSSR count). The van der Waals surface area contributed by atoms with Crippen LogP contribution in [-0.2, 0) is 0 Å². The summed E-state index contributed by atoms with van der Waals surface area (Å²) in [6, 6.07) is 5.36. The molecule has 29 heavy (non-hydrogen) atoms. The molecule has 0 spiro atoms. The minimum Gasteiger partial charge on any atom is -0.319 e. The molecule has 0 bridgehead atoms. The summed E-state index contributed by atoms with van der Waals surface area (Å²) in [5.41, 5.74) is 1.20. The van der Waals surface area contributed by atoms with Crippen molar-refractivity contribution in [3.8, 4) is 0 Å². The summed E-state index contributed by atoms with van der Waals surface area (Å²) in [6.07, 6.45) is 2.21. The van der Waals surface area contributed by atoms with Crippen LogP contribution in [0.2, 0.25) is 0 Å². The molecular formula is C19H12F3N5O2. The van der Waals surface area contributed by atoms with E-state index in [1.165, 1.54) is 24.6 Å². The van der Waals surface area contributed by atoms with Gasteiger partial charge in [-0.2, -0.15) is 5.10 Å². The number of carbonyl (C=O) groups is 2. The van der Waals surface area contributed by atoms with E-state index in [0.717, 1.165) is 18.2 Å². The highest BCUT2D eigenvalue weighted by Gasteiger charge is 2.37. The zero-order valence-electron chi connectivity index (χ0n) is 14.6. The number of nitrogens with zero attached hydrogens (tertiary/aromatic N) is 3. The van der Waals surface area contributed by atoms with Crippen LogP contribution in [-0.4, -0.2) is 42.0 Å². The third kappa shape index (κ3) is 3.51. The molecule has 0 aromatic heterocycles. The van der Waals surface area contributed by atoms with Crippen molar-refractivity contribution in [2.45, 2.75) is 12.2 Å². The predicted octanol–water partition coefficient (Wildman–Crippen LogP) is 2.35. The molecule has 2 aliphatic heterocycles. The van der Waals surface area contributed by atoms with E-state index in [1.807, 2.05) is 0 Å². The Kier molecular flexibility index (Phi) is 4.67. The van der Waals surface area contributed by atoms with Crippen LogP contribution >= 0.6 is 0 Å². The number of benzene rings is 2. The van der Waals surface area contributed by atoms with Crippen molar-refractivity contribution in [3.05, 3.63) is 65.0 Å². The Bertz CT molecular complexity index is 1110. The molecule has 2 aromatic carbocycles. The number of carbonyl (C=O) groups excluding carboxylic acids is 2. The van der Waals surface area contributed by atoms with Gasteiger partial charge in [-0.15, -0.1) is 0 Å². The van der Waals surface area contributed by atoms with Crippen molar-refractivity contribution >= 4 is 35.5 Å². The molecule has 0 aliphatic carbocycles. The lowest BCUT2D eigenvalue weighted by Crippen LogP contribution is -2.36. The molecule has 2 atom stereocenters. The molecule has 0 fully saturated rings. The second-order valence-corrected chi connectivity index (χ2v) is 6.22. The second-order valence-electron chi connectivity index (χ2n) is 6.22. The Morgan fingerprint density at radius 1 is 1.00 bits per heavy atom. The number of nitrogens with one attached hydrogen (secondary N) is 2. The number of halogens is 3. The average Bonchev–Trinajstić information content (AvgIpc) is 3.14. The summed E-state index contributed by atoms with van der Waals surface area (Å²) in [4.78, 5) is 33.1. The number of fused-ring (bicyclic) bond motifs is 1. The molecule has 146 valence electrons. The number of aliphatic imine (C=N–C) groups is 2. The van der Waals surface area contributed by atoms with Crippen molar-refractivity contribution in [2.75, 3.05) is 5.32 Å². The van der Waals surface area contributed by atoms with E-state index in [0.29, 0.717) is 6.07 Å². The molecule has 0 saturated heterocycles. The lowest BCUT2D eigenvalue weighted by Gasteiger charge is -2.15. The number of hydrazone groups is 1. The number of rotatable bonds is 4. The maximum Gasteiger partial charge on any atom is 0.255 e. The summed E-state index contributed by atoms with van der Waals surface area (Å²) in [5, 5.41) is 6.00. The van der Waals surface area contributed by atoms with Gasteiger partial charge in [-0.1, -0.05) is 6.07 Å². The first-order chi connectivity index (χ1) is 13.9. The molecule has 0 saturated carbocycles. The lowest BCUT2D eigenvalue weighted by atomic mass is 9.99. The predicted molar refractivity (Wildman–Crippen MR) is 100 cm³/mol. The Labute approximate surface area is 162 Å². The molecule has 2 aromatic rings. The van der Waals surface area contributed by atoms with E-state index in [2.05, 4.69) is 25.8 Å². The van der Waals surface area contributed by atoms with Gasteiger partial charge in [0.25, 0.3) is 5.91 Å². The maximum atomic E-state index is 14.9. The van der Waals surface area contributed by atoms with Gasteiger partial charge < -0.3 is 5.32 Å². The van der Waals surface area contributed by atoms with Crippen LogP contribution in [0.3, 0.4) is 0 Å². The van der Waals surface area contributed by atoms with Gasteiger partial charge in [0, 0.05) is 24.1 Å². The fraction of sp³-hybridized carbons (Fsp3) is 0.105. The highest BCUT2D eigenvalue weighted by Crippen LogP contribution is 2.24. The van der Waals surface area contributed by atoms with E-state index >= 15 is 0 Å². The molecule has 10 heteroatoms. The quantitative estimate of drug-likeness (QED) is 0.773. The zero-order chi connectivity index (χ0) is 20.5. The van der Waals surface area contributed by atoms with Gasteiger partial charge in [0.15, 0.2) is 12.0 Å². The van der Waals surface area contributed by atoms with Crippen LogP contribution in [0.1, 0.15) is 20.7 Å². The standard InChI is InChI=1S/C19H12F3N5O2/c20-10-3-1-2-9(6-10)19(29)25-13-8-11(21)7-12(14(13)22)17(28)15-16-18(27-26-15)24-5-4-23-16/h1-8,16,18,27H,(H,25,29). The van der Waals surface area contributed by atoms with Crippen LogP contribution in [0.25, 0.3) is 0 Å². The van der Waals surface area contributed by atoms with Crippen molar-refractivity contribution in [1.29, 1.82) is 0 Å². The number of ketones is 1. The zero-order valence-corrected chi connectivity index (χ0v) is 14.6. The monoisotopic (exact) mass is 399 g/mol. The highest BCUT2D eigenvalue weighted by molar-refractivity contribution is 6.48. The average molecular weight is 399 g/mol. The lowest BCUT2D eigenvalue weighted by molar-refractivity contribution is 0.102. The molecule has 1 amide bonds.